The van der Waals surface area contributed by atoms with Gasteiger partial charge in [-0.1, -0.05) is 5.16 Å². The highest BCUT2D eigenvalue weighted by Crippen LogP contribution is 2.40. The van der Waals surface area contributed by atoms with Crippen LogP contribution in [0.2, 0.25) is 0 Å². The van der Waals surface area contributed by atoms with Crippen LogP contribution in [0, 0.1) is 5.41 Å². The number of rotatable bonds is 15. The predicted molar refractivity (Wildman–Crippen MR) is 189 cm³/mol. The predicted octanol–water partition coefficient (Wildman–Crippen LogP) is -1.28. The van der Waals surface area contributed by atoms with E-state index in [-0.39, 0.29) is 33.9 Å². The Kier molecular flexibility index (Phi) is 15.0. The van der Waals surface area contributed by atoms with Gasteiger partial charge in [-0.2, -0.15) is 14.5 Å². The molecule has 3 aliphatic heterocycles. The van der Waals surface area contributed by atoms with Crippen LogP contribution in [0.5, 0.6) is 0 Å². The number of amides is 2. The molecule has 2 fully saturated rings. The lowest BCUT2D eigenvalue weighted by molar-refractivity contribution is -0.171. The second-order valence-corrected chi connectivity index (χ2v) is 13.3. The summed E-state index contributed by atoms with van der Waals surface area (Å²) in [5.74, 6) is -4.42. The fraction of sp³-hybridized carbons (Fsp3) is 0.552. The van der Waals surface area contributed by atoms with E-state index in [0.717, 1.165) is 42.0 Å². The van der Waals surface area contributed by atoms with Gasteiger partial charge in [-0.25, -0.2) is 19.0 Å². The van der Waals surface area contributed by atoms with Crippen LogP contribution >= 0.6 is 23.3 Å². The zero-order valence-corrected chi connectivity index (χ0v) is 31.5. The molecular weight excluding hydrogens is 778 g/mol. The molecule has 1 aromatic rings. The molecule has 4 unspecified atom stereocenters. The third-order valence-corrected chi connectivity index (χ3v) is 9.23. The molecule has 0 spiro atoms. The summed E-state index contributed by atoms with van der Waals surface area (Å²) in [6, 6.07) is -1.23. The topological polar surface area (TPSA) is 292 Å². The molecule has 4 heterocycles. The fourth-order valence-electron chi connectivity index (χ4n) is 4.96. The number of nitrogens with zero attached hydrogens (tertiary/aromatic N) is 7. The minimum atomic E-state index is -1.60. The van der Waals surface area contributed by atoms with Crippen LogP contribution in [-0.4, -0.2) is 161 Å². The maximum absolute atomic E-state index is 13.7. The Morgan fingerprint density at radius 3 is 2.49 bits per heavy atom. The number of fused-ring (bicyclic) bond motifs is 1. The molecule has 0 aromatic carbocycles. The minimum Gasteiger partial charge on any atom is -0.462 e. The van der Waals surface area contributed by atoms with Gasteiger partial charge in [0.1, 0.15) is 30.3 Å². The van der Waals surface area contributed by atoms with Gasteiger partial charge in [0.25, 0.3) is 18.7 Å². The first kappa shape index (κ1) is 42.1. The molecule has 1 aromatic heterocycles. The number of β-lactam (4-membered cyclic amide) rings is 1. The Labute approximate surface area is 320 Å². The summed E-state index contributed by atoms with van der Waals surface area (Å²) in [4.78, 5) is 86.5. The molecule has 3 aliphatic rings. The normalized spacial score (nSPS) is 19.4. The average molecular weight is 816 g/mol. The lowest BCUT2D eigenvalue weighted by atomic mass is 10.0. The first-order valence-electron chi connectivity index (χ1n) is 16.2. The van der Waals surface area contributed by atoms with Gasteiger partial charge in [-0.15, -0.1) is 11.8 Å². The van der Waals surface area contributed by atoms with E-state index in [9.17, 15) is 33.2 Å². The van der Waals surface area contributed by atoms with Crippen LogP contribution in [0.25, 0.3) is 0 Å². The molecule has 5 N–H and O–H groups in total. The number of hydrazone groups is 1. The second-order valence-electron chi connectivity index (χ2n) is 11.4. The van der Waals surface area contributed by atoms with E-state index < -0.39 is 85.5 Å². The van der Waals surface area contributed by atoms with Crippen LogP contribution in [-0.2, 0) is 52.5 Å². The Hall–Kier alpha value is -5.63. The minimum absolute atomic E-state index is 0.0161. The van der Waals surface area contributed by atoms with E-state index in [2.05, 4.69) is 35.1 Å². The molecule has 0 aliphatic carbocycles. The Morgan fingerprint density at radius 1 is 1.15 bits per heavy atom. The van der Waals surface area contributed by atoms with Crippen molar-refractivity contribution in [2.24, 2.45) is 10.3 Å². The Morgan fingerprint density at radius 2 is 1.85 bits per heavy atom. The molecule has 23 nitrogen and oxygen atoms in total. The van der Waals surface area contributed by atoms with Crippen molar-refractivity contribution in [1.29, 1.82) is 5.41 Å². The summed E-state index contributed by atoms with van der Waals surface area (Å²) < 4.78 is 41.7. The number of thioether (sulfide) groups is 1. The zero-order chi connectivity index (χ0) is 40.2. The van der Waals surface area contributed by atoms with E-state index in [4.69, 9.17) is 34.8 Å². The van der Waals surface area contributed by atoms with Crippen LogP contribution in [0.15, 0.2) is 21.5 Å². The van der Waals surface area contributed by atoms with Crippen molar-refractivity contribution < 1.29 is 61.7 Å². The number of carbonyl (C=O) groups excluding carboxylic acids is 6. The van der Waals surface area contributed by atoms with Crippen LogP contribution in [0.1, 0.15) is 26.6 Å². The quantitative estimate of drug-likeness (QED) is 0.0305. The molecule has 2 saturated heterocycles. The number of guanidine groups is 1. The van der Waals surface area contributed by atoms with Crippen molar-refractivity contribution in [2.75, 3.05) is 64.8 Å². The van der Waals surface area contributed by atoms with Crippen molar-refractivity contribution in [3.63, 3.8) is 0 Å². The maximum Gasteiger partial charge on any atom is 0.511 e. The molecular formula is C29H38FN11O12S2. The lowest BCUT2D eigenvalue weighted by Gasteiger charge is -2.49. The third kappa shape index (κ3) is 11.4. The van der Waals surface area contributed by atoms with Gasteiger partial charge < -0.3 is 49.8 Å². The highest BCUT2D eigenvalue weighted by atomic mass is 32.2. The van der Waals surface area contributed by atoms with Crippen LogP contribution < -0.4 is 16.4 Å². The number of oxime groups is 1. The highest BCUT2D eigenvalue weighted by Gasteiger charge is 2.55. The molecule has 55 heavy (non-hydrogen) atoms. The number of hydrogen-bond acceptors (Lipinski definition) is 21. The van der Waals surface area contributed by atoms with E-state index >= 15 is 0 Å². The van der Waals surface area contributed by atoms with Crippen molar-refractivity contribution in [2.45, 2.75) is 44.6 Å². The standard InChI is InChI=1S/C29H38FN11O12S2/c1-14(42)48-10-18(51-15(2)43)11-49-29(47)53-16(3)52-26(46)21-17(9-34-39(4)28(32)40-7-5-33-6-8-40)12-54-25-20(24(45)41(21)25)35-23(44)19(37-50-13-30)22-36-27(31)55-38-22/h9,16,18,20,25,32-33H,5-8,10-13H2,1-4H3,(H,35,44)(H2,31,36,38)/b32-28?,34-9+,37-19-. The Balaban J connectivity index is 1.50. The first-order valence-corrected chi connectivity index (χ1v) is 18.0. The van der Waals surface area contributed by atoms with Crippen LogP contribution in [0.4, 0.5) is 14.3 Å². The number of halogens is 1. The number of anilines is 1. The molecule has 26 heteroatoms. The van der Waals surface area contributed by atoms with Gasteiger partial charge in [-0.3, -0.25) is 29.5 Å². The molecule has 4 rings (SSSR count). The zero-order valence-electron chi connectivity index (χ0n) is 29.8. The largest absolute Gasteiger partial charge is 0.511 e. The summed E-state index contributed by atoms with van der Waals surface area (Å²) in [7, 11) is 1.54. The highest BCUT2D eigenvalue weighted by molar-refractivity contribution is 8.00. The number of carbonyl (C=O) groups is 6. The number of aromatic nitrogens is 2. The van der Waals surface area contributed by atoms with Gasteiger partial charge >= 0.3 is 24.1 Å². The number of esters is 3. The summed E-state index contributed by atoms with van der Waals surface area (Å²) in [6.07, 6.45) is -2.80. The number of nitrogens with two attached hydrogens (primary N) is 1. The maximum atomic E-state index is 13.7. The summed E-state index contributed by atoms with van der Waals surface area (Å²) in [6.45, 7) is 3.56. The summed E-state index contributed by atoms with van der Waals surface area (Å²) in [5.41, 5.74) is 4.94. The van der Waals surface area contributed by atoms with Gasteiger partial charge in [0, 0.05) is 76.9 Å². The number of nitrogens with one attached hydrogen (secondary N) is 3. The van der Waals surface area contributed by atoms with Gasteiger partial charge in [-0.05, 0) is 0 Å². The van der Waals surface area contributed by atoms with Gasteiger partial charge in [0.05, 0.1) is 6.21 Å². The van der Waals surface area contributed by atoms with Crippen LogP contribution in [0.3, 0.4) is 0 Å². The second kappa shape index (κ2) is 19.6. The molecule has 4 atom stereocenters. The third-order valence-electron chi connectivity index (χ3n) is 7.39. The fourth-order valence-corrected chi connectivity index (χ4v) is 6.69. The SMILES string of the molecule is CC(=O)OCC(COC(=O)OC(C)OC(=O)C1=C(/C=N/N(C)C(=N)N2CCNCC2)CSC2C(NC(=O)/C(=N\OCF)c3nsc(N)n3)C(=O)N12)OC(C)=O. The molecule has 0 saturated carbocycles. The van der Waals surface area contributed by atoms with Crippen molar-refractivity contribution in [1.82, 2.24) is 34.8 Å². The smallest absolute Gasteiger partial charge is 0.462 e. The first-order chi connectivity index (χ1) is 26.2. The molecule has 300 valence electrons. The summed E-state index contributed by atoms with van der Waals surface area (Å²) >= 11 is 1.89. The average Bonchev–Trinajstić information content (AvgIpc) is 3.58. The van der Waals surface area contributed by atoms with Gasteiger partial charge in [0.15, 0.2) is 11.2 Å². The lowest BCUT2D eigenvalue weighted by Crippen LogP contribution is -2.71. The number of alkyl halides is 1. The van der Waals surface area contributed by atoms with E-state index in [0.29, 0.717) is 26.2 Å². The van der Waals surface area contributed by atoms with Crippen molar-refractivity contribution in [3.05, 3.63) is 17.1 Å². The van der Waals surface area contributed by atoms with E-state index in [1.54, 1.807) is 4.90 Å². The van der Waals surface area contributed by atoms with Crippen molar-refractivity contribution >= 4 is 82.2 Å². The molecule has 2 amide bonds. The van der Waals surface area contributed by atoms with Crippen molar-refractivity contribution in [3.8, 4) is 0 Å². The van der Waals surface area contributed by atoms with Gasteiger partial charge in [0.2, 0.25) is 23.8 Å². The number of nitrogen functional groups attached to an aromatic ring is 1. The molecule has 0 radical (unpaired) electrons. The van der Waals surface area contributed by atoms with E-state index in [1.165, 1.54) is 25.2 Å². The number of ether oxygens (including phenoxy) is 5. The summed E-state index contributed by atoms with van der Waals surface area (Å²) in [5, 5.41) is 22.3. The number of piperazine rings is 1. The number of hydrogen-bond donors (Lipinski definition) is 4. The van der Waals surface area contributed by atoms with E-state index in [1.807, 2.05) is 0 Å². The monoisotopic (exact) mass is 815 g/mol. The molecule has 0 bridgehead atoms. The Bertz CT molecular complexity index is 1740.